The van der Waals surface area contributed by atoms with Gasteiger partial charge in [0, 0.05) is 11.4 Å². The summed E-state index contributed by atoms with van der Waals surface area (Å²) in [5.41, 5.74) is 2.13. The van der Waals surface area contributed by atoms with Gasteiger partial charge in [-0.3, -0.25) is 10.1 Å². The molecule has 0 spiro atoms. The number of aryl methyl sites for hydroxylation is 1. The summed E-state index contributed by atoms with van der Waals surface area (Å²) in [5.74, 6) is 0. The second kappa shape index (κ2) is 4.99. The van der Waals surface area contributed by atoms with E-state index in [4.69, 9.17) is 0 Å². The monoisotopic (exact) mass is 208 g/mol. The Hall–Kier alpha value is -2.04. The second-order valence-corrected chi connectivity index (χ2v) is 2.91. The Bertz CT molecular complexity index is 377. The van der Waals surface area contributed by atoms with Crippen LogP contribution in [-0.2, 0) is 9.53 Å². The molecule has 0 atom stereocenters. The lowest BCUT2D eigenvalue weighted by Gasteiger charge is -2.08. The molecule has 0 aliphatic heterocycles. The fraction of sp³-hybridized carbons (Fsp3) is 0.200. The number of methoxy groups -OCH3 is 1. The largest absolute Gasteiger partial charge is 0.453 e. The average molecular weight is 208 g/mol. The molecule has 0 saturated heterocycles. The first kappa shape index (κ1) is 11.0. The van der Waals surface area contributed by atoms with Crippen molar-refractivity contribution < 1.29 is 14.3 Å². The predicted molar refractivity (Wildman–Crippen MR) is 56.9 cm³/mol. The normalized spacial score (nSPS) is 9.20. The summed E-state index contributed by atoms with van der Waals surface area (Å²) in [4.78, 5) is 21.2. The van der Waals surface area contributed by atoms with Crippen LogP contribution in [0.25, 0.3) is 0 Å². The summed E-state index contributed by atoms with van der Waals surface area (Å²) in [6.45, 7) is 1.85. The standard InChI is InChI=1S/C10H12N2O3/c1-7-3-4-8(12-10(14)15-2)5-9(7)11-6-13/h3-6H,1-2H3,(H,11,13)(H,12,14). The number of hydrogen-bond donors (Lipinski definition) is 2. The van der Waals surface area contributed by atoms with Crippen LogP contribution in [0.2, 0.25) is 0 Å². The number of carbonyl (C=O) groups is 2. The van der Waals surface area contributed by atoms with E-state index in [0.717, 1.165) is 5.56 Å². The van der Waals surface area contributed by atoms with Crippen LogP contribution in [0.3, 0.4) is 0 Å². The van der Waals surface area contributed by atoms with E-state index in [-0.39, 0.29) is 0 Å². The Labute approximate surface area is 87.4 Å². The average Bonchev–Trinajstić information content (AvgIpc) is 2.23. The van der Waals surface area contributed by atoms with Crippen molar-refractivity contribution in [3.05, 3.63) is 23.8 Å². The fourth-order valence-corrected chi connectivity index (χ4v) is 1.09. The molecule has 0 aliphatic rings. The quantitative estimate of drug-likeness (QED) is 0.743. The van der Waals surface area contributed by atoms with E-state index in [1.54, 1.807) is 18.2 Å². The molecule has 0 bridgehead atoms. The molecule has 15 heavy (non-hydrogen) atoms. The predicted octanol–water partition coefficient (Wildman–Crippen LogP) is 1.74. The van der Waals surface area contributed by atoms with Crippen molar-refractivity contribution in [2.24, 2.45) is 0 Å². The molecule has 5 nitrogen and oxygen atoms in total. The summed E-state index contributed by atoms with van der Waals surface area (Å²) >= 11 is 0. The van der Waals surface area contributed by atoms with Crippen LogP contribution in [0.15, 0.2) is 18.2 Å². The van der Waals surface area contributed by atoms with Crippen molar-refractivity contribution in [1.29, 1.82) is 0 Å². The molecule has 1 aromatic rings. The minimum Gasteiger partial charge on any atom is -0.453 e. The molecule has 1 rings (SSSR count). The zero-order valence-electron chi connectivity index (χ0n) is 8.53. The van der Waals surface area contributed by atoms with Crippen molar-refractivity contribution in [3.8, 4) is 0 Å². The van der Waals surface area contributed by atoms with Crippen LogP contribution in [0, 0.1) is 6.92 Å². The maximum Gasteiger partial charge on any atom is 0.411 e. The number of hydrogen-bond acceptors (Lipinski definition) is 3. The molecule has 80 valence electrons. The van der Waals surface area contributed by atoms with Gasteiger partial charge in [0.15, 0.2) is 0 Å². The van der Waals surface area contributed by atoms with Crippen LogP contribution in [-0.4, -0.2) is 19.6 Å². The topological polar surface area (TPSA) is 67.4 Å². The van der Waals surface area contributed by atoms with Crippen molar-refractivity contribution >= 4 is 23.9 Å². The molecule has 5 heteroatoms. The first-order valence-electron chi connectivity index (χ1n) is 4.33. The summed E-state index contributed by atoms with van der Waals surface area (Å²) in [5, 5.41) is 5.04. The van der Waals surface area contributed by atoms with Gasteiger partial charge in [-0.25, -0.2) is 4.79 Å². The molecular formula is C10H12N2O3. The van der Waals surface area contributed by atoms with Gasteiger partial charge in [-0.1, -0.05) is 6.07 Å². The highest BCUT2D eigenvalue weighted by Gasteiger charge is 2.03. The summed E-state index contributed by atoms with van der Waals surface area (Å²) in [7, 11) is 1.29. The Morgan fingerprint density at radius 3 is 2.80 bits per heavy atom. The van der Waals surface area contributed by atoms with Gasteiger partial charge < -0.3 is 10.1 Å². The number of benzene rings is 1. The molecule has 2 amide bonds. The molecule has 0 aliphatic carbocycles. The van der Waals surface area contributed by atoms with E-state index in [2.05, 4.69) is 15.4 Å². The minimum absolute atomic E-state index is 0.545. The molecule has 0 heterocycles. The van der Waals surface area contributed by atoms with E-state index in [9.17, 15) is 9.59 Å². The Morgan fingerprint density at radius 2 is 2.20 bits per heavy atom. The summed E-state index contributed by atoms with van der Waals surface area (Å²) in [6.07, 6.45) is 0.0421. The molecule has 0 aromatic heterocycles. The van der Waals surface area contributed by atoms with Crippen molar-refractivity contribution in [2.45, 2.75) is 6.92 Å². The molecule has 0 fully saturated rings. The summed E-state index contributed by atoms with van der Waals surface area (Å²) in [6, 6.07) is 5.17. The zero-order chi connectivity index (χ0) is 11.3. The number of rotatable bonds is 3. The second-order valence-electron chi connectivity index (χ2n) is 2.91. The van der Waals surface area contributed by atoms with Crippen molar-refractivity contribution in [2.75, 3.05) is 17.7 Å². The van der Waals surface area contributed by atoms with Gasteiger partial charge in [0.05, 0.1) is 7.11 Å². The first-order valence-corrected chi connectivity index (χ1v) is 4.33. The molecule has 0 saturated carbocycles. The Balaban J connectivity index is 2.86. The first-order chi connectivity index (χ1) is 7.17. The molecular weight excluding hydrogens is 196 g/mol. The third-order valence-corrected chi connectivity index (χ3v) is 1.88. The van der Waals surface area contributed by atoms with Gasteiger partial charge in [-0.15, -0.1) is 0 Å². The lowest BCUT2D eigenvalue weighted by Crippen LogP contribution is -2.11. The van der Waals surface area contributed by atoms with Crippen LogP contribution < -0.4 is 10.6 Å². The van der Waals surface area contributed by atoms with Gasteiger partial charge in [0.2, 0.25) is 6.41 Å². The maximum atomic E-state index is 10.9. The molecule has 0 unspecified atom stereocenters. The fourth-order valence-electron chi connectivity index (χ4n) is 1.09. The van der Waals surface area contributed by atoms with Crippen LogP contribution in [0.1, 0.15) is 5.56 Å². The number of carbonyl (C=O) groups excluding carboxylic acids is 2. The number of anilines is 2. The zero-order valence-corrected chi connectivity index (χ0v) is 8.53. The van der Waals surface area contributed by atoms with Crippen LogP contribution in [0.4, 0.5) is 16.2 Å². The third-order valence-electron chi connectivity index (χ3n) is 1.88. The van der Waals surface area contributed by atoms with Crippen molar-refractivity contribution in [1.82, 2.24) is 0 Å². The van der Waals surface area contributed by atoms with Crippen LogP contribution >= 0.6 is 0 Å². The molecule has 0 radical (unpaired) electrons. The van der Waals surface area contributed by atoms with E-state index in [0.29, 0.717) is 17.8 Å². The summed E-state index contributed by atoms with van der Waals surface area (Å²) < 4.78 is 4.44. The number of amides is 2. The van der Waals surface area contributed by atoms with E-state index in [1.807, 2.05) is 6.92 Å². The maximum absolute atomic E-state index is 10.9. The minimum atomic E-state index is -0.545. The Kier molecular flexibility index (Phi) is 3.68. The molecule has 2 N–H and O–H groups in total. The van der Waals surface area contributed by atoms with Crippen molar-refractivity contribution in [3.63, 3.8) is 0 Å². The van der Waals surface area contributed by atoms with E-state index < -0.39 is 6.09 Å². The highest BCUT2D eigenvalue weighted by molar-refractivity contribution is 5.86. The smallest absolute Gasteiger partial charge is 0.411 e. The highest BCUT2D eigenvalue weighted by Crippen LogP contribution is 2.19. The van der Waals surface area contributed by atoms with Gasteiger partial charge in [-0.05, 0) is 24.6 Å². The number of ether oxygens (including phenoxy) is 1. The Morgan fingerprint density at radius 1 is 1.47 bits per heavy atom. The van der Waals surface area contributed by atoms with Gasteiger partial charge >= 0.3 is 6.09 Å². The van der Waals surface area contributed by atoms with Gasteiger partial charge in [-0.2, -0.15) is 0 Å². The van der Waals surface area contributed by atoms with E-state index >= 15 is 0 Å². The highest BCUT2D eigenvalue weighted by atomic mass is 16.5. The molecule has 1 aromatic carbocycles. The van der Waals surface area contributed by atoms with E-state index in [1.165, 1.54) is 7.11 Å². The van der Waals surface area contributed by atoms with Gasteiger partial charge in [0.25, 0.3) is 0 Å². The van der Waals surface area contributed by atoms with Crippen LogP contribution in [0.5, 0.6) is 0 Å². The number of nitrogens with one attached hydrogen (secondary N) is 2. The lowest BCUT2D eigenvalue weighted by atomic mass is 10.2. The third kappa shape index (κ3) is 2.98. The lowest BCUT2D eigenvalue weighted by molar-refractivity contribution is -0.105. The van der Waals surface area contributed by atoms with Gasteiger partial charge in [0.1, 0.15) is 0 Å². The SMILES string of the molecule is COC(=O)Nc1ccc(C)c(NC=O)c1.